The van der Waals surface area contributed by atoms with Gasteiger partial charge in [-0.15, -0.1) is 11.3 Å². The molecule has 1 aliphatic carbocycles. The number of nitrogens with one attached hydrogen (secondary N) is 2. The predicted molar refractivity (Wildman–Crippen MR) is 94.6 cm³/mol. The third kappa shape index (κ3) is 3.05. The number of aryl methyl sites for hydroxylation is 1. The van der Waals surface area contributed by atoms with Crippen molar-refractivity contribution in [1.82, 2.24) is 20.2 Å². The number of nitrogens with zero attached hydrogens (tertiary/aromatic N) is 3. The Kier molecular flexibility index (Phi) is 3.82. The standard InChI is InChI=1S/C17H19N5OS/c1-9-8-18-17(14-6-5-13(24-14)10(2)23)20-16(9)19-15-7-12(21-22-15)11-3-4-11/h5-8,10-11,23H,3-4H2,1-2H3,(H2,18,19,20,21,22). The maximum atomic E-state index is 9.68. The second kappa shape index (κ2) is 5.99. The number of hydrogen-bond donors (Lipinski definition) is 3. The predicted octanol–water partition coefficient (Wildman–Crippen LogP) is 3.91. The molecule has 6 nitrogen and oxygen atoms in total. The lowest BCUT2D eigenvalue weighted by atomic mass is 10.3. The van der Waals surface area contributed by atoms with Crippen molar-refractivity contribution < 1.29 is 5.11 Å². The van der Waals surface area contributed by atoms with Crippen molar-refractivity contribution in [1.29, 1.82) is 0 Å². The minimum atomic E-state index is -0.475. The summed E-state index contributed by atoms with van der Waals surface area (Å²) in [5, 5.41) is 20.4. The summed E-state index contributed by atoms with van der Waals surface area (Å²) in [5.41, 5.74) is 2.14. The maximum Gasteiger partial charge on any atom is 0.171 e. The molecule has 4 rings (SSSR count). The zero-order chi connectivity index (χ0) is 16.7. The fourth-order valence-corrected chi connectivity index (χ4v) is 3.40. The Hall–Kier alpha value is -2.25. The molecule has 3 aromatic heterocycles. The average Bonchev–Trinajstić information content (AvgIpc) is 3.10. The Balaban J connectivity index is 1.60. The van der Waals surface area contributed by atoms with E-state index in [-0.39, 0.29) is 0 Å². The van der Waals surface area contributed by atoms with Crippen LogP contribution in [0.25, 0.3) is 10.7 Å². The van der Waals surface area contributed by atoms with E-state index in [4.69, 9.17) is 0 Å². The minimum Gasteiger partial charge on any atom is -0.388 e. The van der Waals surface area contributed by atoms with Gasteiger partial charge in [0.1, 0.15) is 5.82 Å². The number of rotatable bonds is 5. The second-order valence-electron chi connectivity index (χ2n) is 6.21. The average molecular weight is 341 g/mol. The van der Waals surface area contributed by atoms with Crippen molar-refractivity contribution in [2.24, 2.45) is 0 Å². The van der Waals surface area contributed by atoms with Crippen LogP contribution in [0.4, 0.5) is 11.6 Å². The van der Waals surface area contributed by atoms with E-state index in [1.807, 2.05) is 19.1 Å². The van der Waals surface area contributed by atoms with Crippen molar-refractivity contribution in [2.45, 2.75) is 38.7 Å². The molecular formula is C17H19N5OS. The van der Waals surface area contributed by atoms with E-state index < -0.39 is 6.10 Å². The van der Waals surface area contributed by atoms with Gasteiger partial charge in [-0.2, -0.15) is 5.10 Å². The van der Waals surface area contributed by atoms with Crippen LogP contribution in [0.1, 0.15) is 47.9 Å². The molecule has 0 spiro atoms. The van der Waals surface area contributed by atoms with Gasteiger partial charge in [-0.1, -0.05) is 0 Å². The highest BCUT2D eigenvalue weighted by Crippen LogP contribution is 2.39. The molecule has 0 aromatic carbocycles. The molecule has 24 heavy (non-hydrogen) atoms. The number of aromatic amines is 1. The van der Waals surface area contributed by atoms with Gasteiger partial charge < -0.3 is 10.4 Å². The first kappa shape index (κ1) is 15.3. The van der Waals surface area contributed by atoms with Gasteiger partial charge in [0.05, 0.1) is 11.0 Å². The molecule has 3 N–H and O–H groups in total. The van der Waals surface area contributed by atoms with Gasteiger partial charge in [-0.25, -0.2) is 9.97 Å². The SMILES string of the molecule is Cc1cnc(-c2ccc(C(C)O)s2)nc1Nc1cc(C2CC2)[nH]n1. The summed E-state index contributed by atoms with van der Waals surface area (Å²) in [6, 6.07) is 5.91. The Labute approximate surface area is 144 Å². The third-order valence-electron chi connectivity index (χ3n) is 4.09. The van der Waals surface area contributed by atoms with Crippen molar-refractivity contribution in [2.75, 3.05) is 5.32 Å². The number of anilines is 2. The third-order valence-corrected chi connectivity index (χ3v) is 5.34. The first-order chi connectivity index (χ1) is 11.6. The van der Waals surface area contributed by atoms with E-state index in [1.54, 1.807) is 13.1 Å². The highest BCUT2D eigenvalue weighted by molar-refractivity contribution is 7.15. The topological polar surface area (TPSA) is 86.7 Å². The summed E-state index contributed by atoms with van der Waals surface area (Å²) in [4.78, 5) is 10.9. The molecule has 1 fully saturated rings. The lowest BCUT2D eigenvalue weighted by molar-refractivity contribution is 0.203. The van der Waals surface area contributed by atoms with Crippen molar-refractivity contribution >= 4 is 23.0 Å². The number of thiophene rings is 1. The van der Waals surface area contributed by atoms with E-state index in [2.05, 4.69) is 31.5 Å². The summed E-state index contributed by atoms with van der Waals surface area (Å²) in [6.45, 7) is 3.73. The van der Waals surface area contributed by atoms with Crippen LogP contribution in [0, 0.1) is 6.92 Å². The second-order valence-corrected chi connectivity index (χ2v) is 7.33. The van der Waals surface area contributed by atoms with E-state index in [9.17, 15) is 5.11 Å². The molecule has 0 aliphatic heterocycles. The van der Waals surface area contributed by atoms with Crippen LogP contribution in [0.5, 0.6) is 0 Å². The van der Waals surface area contributed by atoms with E-state index >= 15 is 0 Å². The Bertz CT molecular complexity index is 866. The van der Waals surface area contributed by atoms with Crippen LogP contribution in [0.2, 0.25) is 0 Å². The first-order valence-corrected chi connectivity index (χ1v) is 8.86. The van der Waals surface area contributed by atoms with Crippen molar-refractivity contribution in [3.05, 3.63) is 40.5 Å². The Morgan fingerprint density at radius 2 is 2.21 bits per heavy atom. The first-order valence-electron chi connectivity index (χ1n) is 8.04. The smallest absolute Gasteiger partial charge is 0.171 e. The van der Waals surface area contributed by atoms with Crippen LogP contribution >= 0.6 is 11.3 Å². The summed E-state index contributed by atoms with van der Waals surface area (Å²) in [6.07, 6.45) is 3.81. The lowest BCUT2D eigenvalue weighted by Gasteiger charge is -2.07. The molecule has 3 heterocycles. The van der Waals surface area contributed by atoms with Crippen LogP contribution in [0.15, 0.2) is 24.4 Å². The molecule has 0 amide bonds. The number of aromatic nitrogens is 4. The number of H-pyrrole nitrogens is 1. The molecular weight excluding hydrogens is 322 g/mol. The Morgan fingerprint density at radius 3 is 2.92 bits per heavy atom. The highest BCUT2D eigenvalue weighted by Gasteiger charge is 2.25. The molecule has 1 atom stereocenters. The van der Waals surface area contributed by atoms with Crippen molar-refractivity contribution in [3.8, 4) is 10.7 Å². The molecule has 1 unspecified atom stereocenters. The molecule has 0 saturated heterocycles. The van der Waals surface area contributed by atoms with Gasteiger partial charge >= 0.3 is 0 Å². The summed E-state index contributed by atoms with van der Waals surface area (Å²) < 4.78 is 0. The van der Waals surface area contributed by atoms with Gasteiger partial charge in [-0.05, 0) is 38.8 Å². The zero-order valence-corrected chi connectivity index (χ0v) is 14.4. The van der Waals surface area contributed by atoms with E-state index in [0.717, 1.165) is 27.0 Å². The van der Waals surface area contributed by atoms with Gasteiger partial charge in [0, 0.05) is 34.3 Å². The van der Waals surface area contributed by atoms with E-state index in [1.165, 1.54) is 29.9 Å². The van der Waals surface area contributed by atoms with Crippen LogP contribution < -0.4 is 5.32 Å². The lowest BCUT2D eigenvalue weighted by Crippen LogP contribution is -1.99. The maximum absolute atomic E-state index is 9.68. The molecule has 1 aliphatic rings. The number of hydrogen-bond acceptors (Lipinski definition) is 6. The van der Waals surface area contributed by atoms with Gasteiger partial charge in [-0.3, -0.25) is 5.10 Å². The van der Waals surface area contributed by atoms with E-state index in [0.29, 0.717) is 11.7 Å². The normalized spacial score (nSPS) is 15.5. The van der Waals surface area contributed by atoms with Crippen molar-refractivity contribution in [3.63, 3.8) is 0 Å². The molecule has 1 saturated carbocycles. The molecule has 124 valence electrons. The molecule has 7 heteroatoms. The molecule has 3 aromatic rings. The largest absolute Gasteiger partial charge is 0.388 e. The number of aliphatic hydroxyl groups is 1. The zero-order valence-electron chi connectivity index (χ0n) is 13.6. The summed E-state index contributed by atoms with van der Waals surface area (Å²) >= 11 is 1.51. The highest BCUT2D eigenvalue weighted by atomic mass is 32.1. The quantitative estimate of drug-likeness (QED) is 0.655. The fraction of sp³-hybridized carbons (Fsp3) is 0.353. The van der Waals surface area contributed by atoms with Crippen LogP contribution in [-0.4, -0.2) is 25.3 Å². The van der Waals surface area contributed by atoms with Gasteiger partial charge in [0.2, 0.25) is 0 Å². The summed E-state index contributed by atoms with van der Waals surface area (Å²) in [5.74, 6) is 2.82. The van der Waals surface area contributed by atoms with Gasteiger partial charge in [0.15, 0.2) is 11.6 Å². The number of aliphatic hydroxyl groups excluding tert-OH is 1. The Morgan fingerprint density at radius 1 is 1.38 bits per heavy atom. The van der Waals surface area contributed by atoms with Crippen LogP contribution in [-0.2, 0) is 0 Å². The summed E-state index contributed by atoms with van der Waals surface area (Å²) in [7, 11) is 0. The van der Waals surface area contributed by atoms with Gasteiger partial charge in [0.25, 0.3) is 0 Å². The molecule has 0 bridgehead atoms. The monoisotopic (exact) mass is 341 g/mol. The molecule has 0 radical (unpaired) electrons. The van der Waals surface area contributed by atoms with Crippen LogP contribution in [0.3, 0.4) is 0 Å². The minimum absolute atomic E-state index is 0.475. The fourth-order valence-electron chi connectivity index (χ4n) is 2.51.